The molecule has 2 amide bonds. The summed E-state index contributed by atoms with van der Waals surface area (Å²) in [5.74, 6) is 0.703. The third-order valence-electron chi connectivity index (χ3n) is 4.42. The van der Waals surface area contributed by atoms with Crippen LogP contribution in [0, 0.1) is 0 Å². The lowest BCUT2D eigenvalue weighted by molar-refractivity contribution is 0.262. The highest BCUT2D eigenvalue weighted by molar-refractivity contribution is 6.02. The zero-order chi connectivity index (χ0) is 20.1. The zero-order valence-corrected chi connectivity index (χ0v) is 15.6. The number of hydrogen-bond acceptors (Lipinski definition) is 5. The van der Waals surface area contributed by atoms with Crippen molar-refractivity contribution in [1.29, 1.82) is 0 Å². The zero-order valence-electron chi connectivity index (χ0n) is 15.6. The second-order valence-electron chi connectivity index (χ2n) is 6.39. The summed E-state index contributed by atoms with van der Waals surface area (Å²) >= 11 is 0. The van der Waals surface area contributed by atoms with Gasteiger partial charge in [0, 0.05) is 29.0 Å². The van der Waals surface area contributed by atoms with Crippen molar-refractivity contribution in [2.75, 3.05) is 16.0 Å². The maximum Gasteiger partial charge on any atom is 0.323 e. The van der Waals surface area contributed by atoms with Crippen LogP contribution in [0.5, 0.6) is 0 Å². The number of rotatable bonds is 5. The summed E-state index contributed by atoms with van der Waals surface area (Å²) in [5, 5.41) is 9.81. The van der Waals surface area contributed by atoms with Crippen LogP contribution in [0.1, 0.15) is 5.56 Å². The Morgan fingerprint density at radius 3 is 2.48 bits per heavy atom. The Morgan fingerprint density at radius 1 is 0.862 bits per heavy atom. The molecule has 7 heteroatoms. The molecule has 0 spiro atoms. The summed E-state index contributed by atoms with van der Waals surface area (Å²) in [6.07, 6.45) is 1.49. The maximum atomic E-state index is 12.4. The molecule has 4 aromatic rings. The Bertz CT molecular complexity index is 1150. The van der Waals surface area contributed by atoms with Crippen molar-refractivity contribution < 1.29 is 4.79 Å². The van der Waals surface area contributed by atoms with Crippen LogP contribution >= 0.6 is 0 Å². The van der Waals surface area contributed by atoms with E-state index in [0.29, 0.717) is 23.7 Å². The van der Waals surface area contributed by atoms with E-state index in [4.69, 9.17) is 5.73 Å². The van der Waals surface area contributed by atoms with Gasteiger partial charge in [0.05, 0.1) is 5.52 Å². The fourth-order valence-electron chi connectivity index (χ4n) is 3.00. The quantitative estimate of drug-likeness (QED) is 0.406. The molecule has 29 heavy (non-hydrogen) atoms. The summed E-state index contributed by atoms with van der Waals surface area (Å²) in [6, 6.07) is 22.4. The van der Waals surface area contributed by atoms with Crippen molar-refractivity contribution in [3.05, 3.63) is 84.7 Å². The molecule has 0 fully saturated rings. The average molecular weight is 384 g/mol. The highest BCUT2D eigenvalue weighted by atomic mass is 16.2. The molecule has 3 aromatic carbocycles. The molecular weight excluding hydrogens is 364 g/mol. The Hall–Kier alpha value is -3.97. The van der Waals surface area contributed by atoms with E-state index < -0.39 is 0 Å². The molecule has 0 saturated carbocycles. The van der Waals surface area contributed by atoms with Crippen LogP contribution in [-0.4, -0.2) is 16.0 Å². The molecule has 1 heterocycles. The summed E-state index contributed by atoms with van der Waals surface area (Å²) in [4.78, 5) is 21.0. The molecule has 144 valence electrons. The third-order valence-corrected chi connectivity index (χ3v) is 4.42. The standard InChI is InChI=1S/C22H20N6O/c23-13-15-6-4-5-9-19(15)28-22(29)27-17-10-11-18-20(12-17)24-14-25-21(18)26-16-7-2-1-3-8-16/h1-12,14H,13,23H2,(H,24,25,26)(H2,27,28,29). The molecule has 0 radical (unpaired) electrons. The second-order valence-corrected chi connectivity index (χ2v) is 6.39. The van der Waals surface area contributed by atoms with Gasteiger partial charge in [-0.1, -0.05) is 36.4 Å². The fraction of sp³-hybridized carbons (Fsp3) is 0.0455. The Morgan fingerprint density at radius 2 is 1.66 bits per heavy atom. The monoisotopic (exact) mass is 384 g/mol. The Balaban J connectivity index is 1.52. The normalized spacial score (nSPS) is 10.5. The van der Waals surface area contributed by atoms with Gasteiger partial charge in [-0.3, -0.25) is 0 Å². The predicted octanol–water partition coefficient (Wildman–Crippen LogP) is 4.48. The van der Waals surface area contributed by atoms with Crippen LogP contribution in [0.4, 0.5) is 27.7 Å². The van der Waals surface area contributed by atoms with Crippen LogP contribution in [0.3, 0.4) is 0 Å². The molecule has 7 nitrogen and oxygen atoms in total. The number of carbonyl (C=O) groups is 1. The molecule has 4 rings (SSSR count). The number of fused-ring (bicyclic) bond motifs is 1. The van der Waals surface area contributed by atoms with E-state index in [0.717, 1.165) is 22.2 Å². The SMILES string of the molecule is NCc1ccccc1NC(=O)Nc1ccc2c(Nc3ccccc3)ncnc2c1. The van der Waals surface area contributed by atoms with Crippen LogP contribution in [0.15, 0.2) is 79.1 Å². The van der Waals surface area contributed by atoms with Crippen molar-refractivity contribution in [2.24, 2.45) is 5.73 Å². The molecule has 0 aliphatic heterocycles. The first-order chi connectivity index (χ1) is 14.2. The number of anilines is 4. The first-order valence-electron chi connectivity index (χ1n) is 9.16. The van der Waals surface area contributed by atoms with Gasteiger partial charge in [-0.2, -0.15) is 0 Å². The lowest BCUT2D eigenvalue weighted by Crippen LogP contribution is -2.20. The van der Waals surface area contributed by atoms with E-state index in [1.54, 1.807) is 0 Å². The van der Waals surface area contributed by atoms with Gasteiger partial charge in [0.15, 0.2) is 0 Å². The number of para-hydroxylation sites is 2. The number of nitrogens with one attached hydrogen (secondary N) is 3. The van der Waals surface area contributed by atoms with Gasteiger partial charge in [-0.05, 0) is 42.0 Å². The van der Waals surface area contributed by atoms with Crippen molar-refractivity contribution >= 4 is 39.8 Å². The molecule has 0 aliphatic rings. The Labute approximate surface area is 168 Å². The number of nitrogens with two attached hydrogens (primary N) is 1. The lowest BCUT2D eigenvalue weighted by Gasteiger charge is -2.12. The van der Waals surface area contributed by atoms with E-state index in [1.165, 1.54) is 6.33 Å². The number of nitrogens with zero attached hydrogens (tertiary/aromatic N) is 2. The summed E-state index contributed by atoms with van der Waals surface area (Å²) in [6.45, 7) is 0.348. The molecular formula is C22H20N6O. The van der Waals surface area contributed by atoms with Crippen LogP contribution < -0.4 is 21.7 Å². The molecule has 0 saturated heterocycles. The Kier molecular flexibility index (Phi) is 5.31. The highest BCUT2D eigenvalue weighted by Gasteiger charge is 2.09. The first kappa shape index (κ1) is 18.4. The van der Waals surface area contributed by atoms with Crippen molar-refractivity contribution in [3.63, 3.8) is 0 Å². The van der Waals surface area contributed by atoms with Crippen LogP contribution in [0.2, 0.25) is 0 Å². The van der Waals surface area contributed by atoms with Crippen LogP contribution in [-0.2, 0) is 6.54 Å². The van der Waals surface area contributed by atoms with E-state index in [1.807, 2.05) is 72.8 Å². The van der Waals surface area contributed by atoms with Crippen molar-refractivity contribution in [1.82, 2.24) is 9.97 Å². The van der Waals surface area contributed by atoms with Gasteiger partial charge in [0.1, 0.15) is 12.1 Å². The van der Waals surface area contributed by atoms with E-state index in [9.17, 15) is 4.79 Å². The number of aromatic nitrogens is 2. The van der Waals surface area contributed by atoms with Gasteiger partial charge in [-0.25, -0.2) is 14.8 Å². The minimum atomic E-state index is -0.345. The largest absolute Gasteiger partial charge is 0.340 e. The average Bonchev–Trinajstić information content (AvgIpc) is 2.75. The second kappa shape index (κ2) is 8.37. The predicted molar refractivity (Wildman–Crippen MR) is 116 cm³/mol. The molecule has 0 aliphatic carbocycles. The van der Waals surface area contributed by atoms with Gasteiger partial charge in [-0.15, -0.1) is 0 Å². The van der Waals surface area contributed by atoms with E-state index >= 15 is 0 Å². The summed E-state index contributed by atoms with van der Waals surface area (Å²) in [7, 11) is 0. The number of carbonyl (C=O) groups excluding carboxylic acids is 1. The summed E-state index contributed by atoms with van der Waals surface area (Å²) in [5.41, 5.74) is 9.56. The van der Waals surface area contributed by atoms with Gasteiger partial charge in [0.25, 0.3) is 0 Å². The number of benzene rings is 3. The van der Waals surface area contributed by atoms with Crippen molar-refractivity contribution in [3.8, 4) is 0 Å². The first-order valence-corrected chi connectivity index (χ1v) is 9.16. The number of amides is 2. The lowest BCUT2D eigenvalue weighted by atomic mass is 10.2. The highest BCUT2D eigenvalue weighted by Crippen LogP contribution is 2.25. The smallest absolute Gasteiger partial charge is 0.323 e. The maximum absolute atomic E-state index is 12.4. The molecule has 0 bridgehead atoms. The van der Waals surface area contributed by atoms with Gasteiger partial charge < -0.3 is 21.7 Å². The van der Waals surface area contributed by atoms with Crippen LogP contribution in [0.25, 0.3) is 10.9 Å². The van der Waals surface area contributed by atoms with Gasteiger partial charge >= 0.3 is 6.03 Å². The minimum Gasteiger partial charge on any atom is -0.340 e. The van der Waals surface area contributed by atoms with E-state index in [-0.39, 0.29) is 6.03 Å². The molecule has 5 N–H and O–H groups in total. The minimum absolute atomic E-state index is 0.345. The molecule has 1 aromatic heterocycles. The van der Waals surface area contributed by atoms with Crippen molar-refractivity contribution in [2.45, 2.75) is 6.54 Å². The fourth-order valence-corrected chi connectivity index (χ4v) is 3.00. The van der Waals surface area contributed by atoms with E-state index in [2.05, 4.69) is 25.9 Å². The molecule has 0 atom stereocenters. The number of hydrogen-bond donors (Lipinski definition) is 4. The molecule has 0 unspecified atom stereocenters. The third kappa shape index (κ3) is 4.31. The van der Waals surface area contributed by atoms with Gasteiger partial charge in [0.2, 0.25) is 0 Å². The summed E-state index contributed by atoms with van der Waals surface area (Å²) < 4.78 is 0. The topological polar surface area (TPSA) is 105 Å². The number of urea groups is 1.